The zero-order chi connectivity index (χ0) is 15.4. The Morgan fingerprint density at radius 3 is 2.62 bits per heavy atom. The number of hydrogen-bond donors (Lipinski definition) is 1. The van der Waals surface area contributed by atoms with E-state index >= 15 is 0 Å². The van der Waals surface area contributed by atoms with Gasteiger partial charge in [-0.15, -0.1) is 0 Å². The maximum absolute atomic E-state index is 11.2. The normalized spacial score (nSPS) is 12.3. The molecule has 0 amide bonds. The Hall–Kier alpha value is -2.21. The standard InChI is InChI=1S/C15H19N3O3/c1-3-9-17-13(15(18(20)21)11(2)16-17)10-14(19)12-7-5-4-6-8-12/h4-8,14,19H,3,9-10H2,1-2H3. The lowest BCUT2D eigenvalue weighted by Gasteiger charge is -2.12. The van der Waals surface area contributed by atoms with Crippen molar-refractivity contribution in [3.05, 3.63) is 57.4 Å². The van der Waals surface area contributed by atoms with E-state index in [4.69, 9.17) is 0 Å². The topological polar surface area (TPSA) is 81.2 Å². The van der Waals surface area contributed by atoms with Gasteiger partial charge >= 0.3 is 5.69 Å². The third-order valence-electron chi connectivity index (χ3n) is 3.39. The molecular formula is C15H19N3O3. The van der Waals surface area contributed by atoms with Crippen LogP contribution in [-0.4, -0.2) is 19.8 Å². The second kappa shape index (κ2) is 6.49. The molecule has 0 aliphatic rings. The van der Waals surface area contributed by atoms with Crippen LogP contribution < -0.4 is 0 Å². The number of nitro groups is 1. The average molecular weight is 289 g/mol. The molecule has 21 heavy (non-hydrogen) atoms. The lowest BCUT2D eigenvalue weighted by molar-refractivity contribution is -0.386. The van der Waals surface area contributed by atoms with Crippen molar-refractivity contribution in [1.82, 2.24) is 9.78 Å². The predicted octanol–water partition coefficient (Wildman–Crippen LogP) is 2.79. The third kappa shape index (κ3) is 3.28. The summed E-state index contributed by atoms with van der Waals surface area (Å²) in [5, 5.41) is 25.8. The molecule has 0 bridgehead atoms. The molecule has 1 heterocycles. The van der Waals surface area contributed by atoms with E-state index in [1.54, 1.807) is 11.6 Å². The molecule has 0 fully saturated rings. The molecule has 0 aliphatic heterocycles. The van der Waals surface area contributed by atoms with Gasteiger partial charge in [-0.3, -0.25) is 14.8 Å². The first-order valence-electron chi connectivity index (χ1n) is 6.98. The van der Waals surface area contributed by atoms with Crippen LogP contribution in [0.2, 0.25) is 0 Å². The number of aliphatic hydroxyl groups excluding tert-OH is 1. The molecule has 6 heteroatoms. The lowest BCUT2D eigenvalue weighted by atomic mass is 10.0. The Kier molecular flexibility index (Phi) is 4.70. The van der Waals surface area contributed by atoms with E-state index in [9.17, 15) is 15.2 Å². The molecule has 0 spiro atoms. The summed E-state index contributed by atoms with van der Waals surface area (Å²) in [6.45, 7) is 4.22. The summed E-state index contributed by atoms with van der Waals surface area (Å²) in [6.07, 6.45) is 0.227. The van der Waals surface area contributed by atoms with Crippen molar-refractivity contribution < 1.29 is 10.0 Å². The Morgan fingerprint density at radius 1 is 1.38 bits per heavy atom. The molecule has 112 valence electrons. The van der Waals surface area contributed by atoms with Gasteiger partial charge in [0, 0.05) is 13.0 Å². The van der Waals surface area contributed by atoms with Crippen LogP contribution in [-0.2, 0) is 13.0 Å². The molecular weight excluding hydrogens is 270 g/mol. The highest BCUT2D eigenvalue weighted by Crippen LogP contribution is 2.28. The smallest absolute Gasteiger partial charge is 0.313 e. The highest BCUT2D eigenvalue weighted by atomic mass is 16.6. The number of aryl methyl sites for hydroxylation is 2. The van der Waals surface area contributed by atoms with Crippen molar-refractivity contribution in [1.29, 1.82) is 0 Å². The van der Waals surface area contributed by atoms with Crippen LogP contribution in [0, 0.1) is 17.0 Å². The molecule has 0 saturated heterocycles. The van der Waals surface area contributed by atoms with Gasteiger partial charge in [-0.1, -0.05) is 37.3 Å². The van der Waals surface area contributed by atoms with E-state index in [0.29, 0.717) is 17.9 Å². The SMILES string of the molecule is CCCn1nc(C)c([N+](=O)[O-])c1CC(O)c1ccccc1. The van der Waals surface area contributed by atoms with Crippen LogP contribution in [0.15, 0.2) is 30.3 Å². The quantitative estimate of drug-likeness (QED) is 0.655. The molecule has 6 nitrogen and oxygen atoms in total. The van der Waals surface area contributed by atoms with Gasteiger partial charge in [-0.25, -0.2) is 0 Å². The van der Waals surface area contributed by atoms with Gasteiger partial charge in [0.1, 0.15) is 11.4 Å². The summed E-state index contributed by atoms with van der Waals surface area (Å²) in [4.78, 5) is 10.8. The van der Waals surface area contributed by atoms with Crippen molar-refractivity contribution in [2.75, 3.05) is 0 Å². The second-order valence-electron chi connectivity index (χ2n) is 4.99. The molecule has 1 N–H and O–H groups in total. The van der Waals surface area contributed by atoms with Crippen LogP contribution >= 0.6 is 0 Å². The largest absolute Gasteiger partial charge is 0.388 e. The first-order valence-corrected chi connectivity index (χ1v) is 6.98. The fraction of sp³-hybridized carbons (Fsp3) is 0.400. The van der Waals surface area contributed by atoms with Gasteiger partial charge in [0.15, 0.2) is 0 Å². The summed E-state index contributed by atoms with van der Waals surface area (Å²) in [6, 6.07) is 9.15. The molecule has 1 aromatic heterocycles. The number of rotatable bonds is 6. The van der Waals surface area contributed by atoms with Crippen molar-refractivity contribution in [2.45, 2.75) is 39.3 Å². The number of nitrogens with zero attached hydrogens (tertiary/aromatic N) is 3. The molecule has 2 rings (SSSR count). The molecule has 1 atom stereocenters. The van der Waals surface area contributed by atoms with E-state index in [-0.39, 0.29) is 12.1 Å². The number of aliphatic hydroxyl groups is 1. The van der Waals surface area contributed by atoms with Crippen LogP contribution in [0.1, 0.15) is 36.4 Å². The fourth-order valence-corrected chi connectivity index (χ4v) is 2.43. The maximum atomic E-state index is 11.2. The summed E-state index contributed by atoms with van der Waals surface area (Å²) in [5.41, 5.74) is 1.63. The summed E-state index contributed by atoms with van der Waals surface area (Å²) in [7, 11) is 0. The zero-order valence-electron chi connectivity index (χ0n) is 12.2. The van der Waals surface area contributed by atoms with Crippen LogP contribution in [0.25, 0.3) is 0 Å². The van der Waals surface area contributed by atoms with Crippen molar-refractivity contribution in [3.8, 4) is 0 Å². The average Bonchev–Trinajstić information content (AvgIpc) is 2.76. The van der Waals surface area contributed by atoms with Gasteiger partial charge in [0.25, 0.3) is 0 Å². The summed E-state index contributed by atoms with van der Waals surface area (Å²) < 4.78 is 1.64. The number of hydrogen-bond acceptors (Lipinski definition) is 4. The van der Waals surface area contributed by atoms with Crippen molar-refractivity contribution in [2.24, 2.45) is 0 Å². The van der Waals surface area contributed by atoms with Gasteiger partial charge < -0.3 is 5.11 Å². The van der Waals surface area contributed by atoms with Crippen LogP contribution in [0.3, 0.4) is 0 Å². The van der Waals surface area contributed by atoms with Gasteiger partial charge in [-0.2, -0.15) is 5.10 Å². The molecule has 0 saturated carbocycles. The minimum atomic E-state index is -0.781. The maximum Gasteiger partial charge on any atom is 0.313 e. The predicted molar refractivity (Wildman–Crippen MR) is 79.0 cm³/mol. The minimum Gasteiger partial charge on any atom is -0.388 e. The zero-order valence-corrected chi connectivity index (χ0v) is 12.2. The Morgan fingerprint density at radius 2 is 2.05 bits per heavy atom. The highest BCUT2D eigenvalue weighted by Gasteiger charge is 2.26. The van der Waals surface area contributed by atoms with Crippen molar-refractivity contribution >= 4 is 5.69 Å². The van der Waals surface area contributed by atoms with E-state index in [1.165, 1.54) is 0 Å². The third-order valence-corrected chi connectivity index (χ3v) is 3.39. The van der Waals surface area contributed by atoms with Gasteiger partial charge in [-0.05, 0) is 18.9 Å². The molecule has 2 aromatic rings. The van der Waals surface area contributed by atoms with E-state index in [1.807, 2.05) is 37.3 Å². The number of aromatic nitrogens is 2. The second-order valence-corrected chi connectivity index (χ2v) is 4.99. The Balaban J connectivity index is 2.35. The molecule has 0 radical (unpaired) electrons. The van der Waals surface area contributed by atoms with Crippen LogP contribution in [0.5, 0.6) is 0 Å². The fourth-order valence-electron chi connectivity index (χ4n) is 2.43. The highest BCUT2D eigenvalue weighted by molar-refractivity contribution is 5.41. The first-order chi connectivity index (χ1) is 10.0. The monoisotopic (exact) mass is 289 g/mol. The molecule has 1 aromatic carbocycles. The minimum absolute atomic E-state index is 0.0124. The Labute approximate surface area is 123 Å². The van der Waals surface area contributed by atoms with E-state index in [2.05, 4.69) is 5.10 Å². The van der Waals surface area contributed by atoms with Gasteiger partial charge in [0.2, 0.25) is 0 Å². The summed E-state index contributed by atoms with van der Waals surface area (Å²) >= 11 is 0. The van der Waals surface area contributed by atoms with E-state index in [0.717, 1.165) is 12.0 Å². The first kappa shape index (κ1) is 15.2. The Bertz CT molecular complexity index is 623. The van der Waals surface area contributed by atoms with E-state index < -0.39 is 11.0 Å². The number of benzene rings is 1. The van der Waals surface area contributed by atoms with Crippen molar-refractivity contribution in [3.63, 3.8) is 0 Å². The van der Waals surface area contributed by atoms with Gasteiger partial charge in [0.05, 0.1) is 11.0 Å². The lowest BCUT2D eigenvalue weighted by Crippen LogP contribution is -2.10. The molecule has 1 unspecified atom stereocenters. The summed E-state index contributed by atoms with van der Waals surface area (Å²) in [5.74, 6) is 0. The van der Waals surface area contributed by atoms with Crippen LogP contribution in [0.4, 0.5) is 5.69 Å². The molecule has 0 aliphatic carbocycles.